The number of aromatic nitrogens is 2. The maximum atomic E-state index is 2.71. The van der Waals surface area contributed by atoms with Crippen molar-refractivity contribution in [2.75, 3.05) is 9.80 Å². The van der Waals surface area contributed by atoms with Crippen LogP contribution in [0.25, 0.3) is 99.5 Å². The SMILES string of the molecule is CCc1c(-n2c3ccccc3c3ccccc32)ccc2c1N(c1ccccc1-c1cccc(-c3ccccc3)c1)c1cc(C(C)(C)C)cc3c1B2c1ccc(-n2c4ccccc4c4ccccc42)c(CC)c1N3c1ccccc1-c1cccc(-c2ccccc2)c1. The molecule has 2 aliphatic rings. The number of benzene rings is 13. The maximum absolute atomic E-state index is 2.71. The second kappa shape index (κ2) is 21.4. The van der Waals surface area contributed by atoms with Gasteiger partial charge < -0.3 is 18.9 Å². The molecule has 17 rings (SSSR count). The number of rotatable bonds is 10. The van der Waals surface area contributed by atoms with Gasteiger partial charge in [0, 0.05) is 55.4 Å². The van der Waals surface area contributed by atoms with E-state index in [1.54, 1.807) is 0 Å². The quantitative estimate of drug-likeness (QED) is 0.127. The van der Waals surface area contributed by atoms with E-state index in [1.165, 1.54) is 155 Å². The van der Waals surface area contributed by atoms with E-state index in [4.69, 9.17) is 0 Å². The molecule has 0 radical (unpaired) electrons. The molecule has 0 saturated carbocycles. The number of nitrogens with zero attached hydrogens (tertiary/aromatic N) is 4. The summed E-state index contributed by atoms with van der Waals surface area (Å²) in [5, 5.41) is 5.01. The Bertz CT molecular complexity index is 4960. The van der Waals surface area contributed by atoms with Crippen molar-refractivity contribution in [3.8, 4) is 55.9 Å². The van der Waals surface area contributed by atoms with E-state index in [9.17, 15) is 0 Å². The molecule has 434 valence electrons. The van der Waals surface area contributed by atoms with Crippen molar-refractivity contribution in [3.05, 3.63) is 308 Å². The smallest absolute Gasteiger partial charge is 0.252 e. The van der Waals surface area contributed by atoms with E-state index in [0.717, 1.165) is 24.2 Å². The first-order valence-corrected chi connectivity index (χ1v) is 32.3. The highest BCUT2D eigenvalue weighted by Gasteiger charge is 2.47. The summed E-state index contributed by atoms with van der Waals surface area (Å²) < 4.78 is 5.11. The van der Waals surface area contributed by atoms with Crippen LogP contribution in [0.4, 0.5) is 34.1 Å². The van der Waals surface area contributed by atoms with E-state index < -0.39 is 0 Å². The van der Waals surface area contributed by atoms with Crippen LogP contribution in [0.1, 0.15) is 51.3 Å². The fourth-order valence-corrected chi connectivity index (χ4v) is 15.5. The molecular formula is C86H67BN4. The van der Waals surface area contributed by atoms with Gasteiger partial charge in [0.2, 0.25) is 0 Å². The Kier molecular flexibility index (Phi) is 12.8. The third kappa shape index (κ3) is 8.51. The summed E-state index contributed by atoms with van der Waals surface area (Å²) in [5.41, 5.74) is 31.3. The van der Waals surface area contributed by atoms with Crippen LogP contribution in [0.3, 0.4) is 0 Å². The Morgan fingerprint density at radius 3 is 1.02 bits per heavy atom. The lowest BCUT2D eigenvalue weighted by molar-refractivity contribution is 0.590. The minimum absolute atomic E-state index is 0.159. The average molecular weight is 1170 g/mol. The number of anilines is 6. The van der Waals surface area contributed by atoms with Gasteiger partial charge in [-0.1, -0.05) is 253 Å². The number of hydrogen-bond acceptors (Lipinski definition) is 2. The lowest BCUT2D eigenvalue weighted by atomic mass is 9.33. The normalized spacial score (nSPS) is 12.7. The fraction of sp³-hybridized carbons (Fsp3) is 0.0930. The van der Waals surface area contributed by atoms with Gasteiger partial charge in [-0.3, -0.25) is 0 Å². The van der Waals surface area contributed by atoms with E-state index in [2.05, 4.69) is 345 Å². The second-order valence-electron chi connectivity index (χ2n) is 25.7. The van der Waals surface area contributed by atoms with Crippen LogP contribution in [0.15, 0.2) is 291 Å². The lowest BCUT2D eigenvalue weighted by Crippen LogP contribution is -2.62. The predicted molar refractivity (Wildman–Crippen MR) is 388 cm³/mol. The summed E-state index contributed by atoms with van der Waals surface area (Å²) in [4.78, 5) is 5.43. The van der Waals surface area contributed by atoms with Crippen LogP contribution in [0.2, 0.25) is 0 Å². The zero-order chi connectivity index (χ0) is 61.1. The molecule has 0 aliphatic carbocycles. The molecular weight excluding hydrogens is 1100 g/mol. The van der Waals surface area contributed by atoms with Crippen LogP contribution < -0.4 is 26.2 Å². The van der Waals surface area contributed by atoms with Crippen molar-refractivity contribution < 1.29 is 0 Å². The highest BCUT2D eigenvalue weighted by Crippen LogP contribution is 2.53. The van der Waals surface area contributed by atoms with Gasteiger partial charge in [-0.05, 0) is 158 Å². The molecule has 13 aromatic carbocycles. The Hall–Kier alpha value is -10.9. The molecule has 91 heavy (non-hydrogen) atoms. The Morgan fingerprint density at radius 2 is 0.637 bits per heavy atom. The van der Waals surface area contributed by atoms with Crippen LogP contribution >= 0.6 is 0 Å². The molecule has 5 heteroatoms. The average Bonchev–Trinajstić information content (AvgIpc) is 0.903. The van der Waals surface area contributed by atoms with Crippen molar-refractivity contribution in [3.63, 3.8) is 0 Å². The monoisotopic (exact) mass is 1170 g/mol. The first-order chi connectivity index (χ1) is 44.7. The van der Waals surface area contributed by atoms with Gasteiger partial charge in [0.05, 0.1) is 44.8 Å². The number of hydrogen-bond donors (Lipinski definition) is 0. The molecule has 0 unspecified atom stereocenters. The summed E-state index contributed by atoms with van der Waals surface area (Å²) >= 11 is 0. The number of para-hydroxylation sites is 6. The van der Waals surface area contributed by atoms with Crippen molar-refractivity contribution in [1.82, 2.24) is 9.13 Å². The largest absolute Gasteiger partial charge is 0.310 e. The van der Waals surface area contributed by atoms with Crippen LogP contribution in [0, 0.1) is 0 Å². The third-order valence-corrected chi connectivity index (χ3v) is 19.6. The molecule has 2 aliphatic heterocycles. The zero-order valence-electron chi connectivity index (χ0n) is 52.0. The Balaban J connectivity index is 1.02. The molecule has 15 aromatic rings. The van der Waals surface area contributed by atoms with E-state index in [0.29, 0.717) is 0 Å². The molecule has 0 saturated heterocycles. The molecule has 0 atom stereocenters. The maximum Gasteiger partial charge on any atom is 0.252 e. The van der Waals surface area contributed by atoms with Gasteiger partial charge >= 0.3 is 0 Å². The Morgan fingerprint density at radius 1 is 0.297 bits per heavy atom. The van der Waals surface area contributed by atoms with Crippen LogP contribution in [-0.2, 0) is 18.3 Å². The van der Waals surface area contributed by atoms with Crippen molar-refractivity contribution in [1.29, 1.82) is 0 Å². The number of fused-ring (bicyclic) bond motifs is 10. The van der Waals surface area contributed by atoms with E-state index in [1.807, 2.05) is 0 Å². The molecule has 0 amide bonds. The fourth-order valence-electron chi connectivity index (χ4n) is 15.5. The topological polar surface area (TPSA) is 16.3 Å². The van der Waals surface area contributed by atoms with Gasteiger partial charge in [-0.25, -0.2) is 0 Å². The minimum atomic E-state index is -0.261. The van der Waals surface area contributed by atoms with Crippen LogP contribution in [0.5, 0.6) is 0 Å². The first-order valence-electron chi connectivity index (χ1n) is 32.3. The summed E-state index contributed by atoms with van der Waals surface area (Å²) in [5.74, 6) is 0. The summed E-state index contributed by atoms with van der Waals surface area (Å²) in [6.45, 7) is 11.8. The van der Waals surface area contributed by atoms with Crippen LogP contribution in [-0.4, -0.2) is 15.8 Å². The van der Waals surface area contributed by atoms with Crippen molar-refractivity contribution in [2.24, 2.45) is 0 Å². The van der Waals surface area contributed by atoms with E-state index >= 15 is 0 Å². The molecule has 0 N–H and O–H groups in total. The van der Waals surface area contributed by atoms with Crippen molar-refractivity contribution in [2.45, 2.75) is 52.9 Å². The zero-order valence-corrected chi connectivity index (χ0v) is 52.0. The summed E-state index contributed by atoms with van der Waals surface area (Å²) in [6.07, 6.45) is 1.58. The highest BCUT2D eigenvalue weighted by molar-refractivity contribution is 7.00. The van der Waals surface area contributed by atoms with E-state index in [-0.39, 0.29) is 12.1 Å². The predicted octanol–water partition coefficient (Wildman–Crippen LogP) is 21.1. The highest BCUT2D eigenvalue weighted by atomic mass is 15.2. The summed E-state index contributed by atoms with van der Waals surface area (Å²) in [7, 11) is 0. The molecule has 4 heterocycles. The van der Waals surface area contributed by atoms with Crippen molar-refractivity contribution >= 4 is 101 Å². The standard InChI is InChI=1S/C86H67BN4/c1-6-63-79(88-75-44-22-16-38-67(75)68-39-17-23-45-76(68)88)50-48-71-84(63)90(73-42-20-14-36-65(73)60-34-26-32-58(52-60)56-28-10-8-11-29-56)81-54-62(86(3,4)5)55-82-83(81)87(71)72-49-51-80(89-77-46-24-18-40-69(77)70-41-19-25-47-78(70)89)64(7-2)85(72)91(82)74-43-21-15-37-66(74)61-35-27-33-59(53-61)57-30-12-9-13-31-57/h8-55H,6-7H2,1-5H3. The van der Waals surface area contributed by atoms with Gasteiger partial charge in [-0.2, -0.15) is 0 Å². The minimum Gasteiger partial charge on any atom is -0.310 e. The summed E-state index contributed by atoms with van der Waals surface area (Å²) in [6, 6.07) is 109. The van der Waals surface area contributed by atoms with Gasteiger partial charge in [0.25, 0.3) is 6.71 Å². The van der Waals surface area contributed by atoms with Gasteiger partial charge in [0.1, 0.15) is 0 Å². The lowest BCUT2D eigenvalue weighted by Gasteiger charge is -2.47. The molecule has 0 fully saturated rings. The van der Waals surface area contributed by atoms with Gasteiger partial charge in [0.15, 0.2) is 0 Å². The third-order valence-electron chi connectivity index (χ3n) is 19.6. The molecule has 0 spiro atoms. The van der Waals surface area contributed by atoms with Gasteiger partial charge in [-0.15, -0.1) is 0 Å². The Labute approximate surface area is 533 Å². The molecule has 4 nitrogen and oxygen atoms in total. The first kappa shape index (κ1) is 54.3. The molecule has 0 bridgehead atoms. The second-order valence-corrected chi connectivity index (χ2v) is 25.7. The molecule has 2 aromatic heterocycles.